The van der Waals surface area contributed by atoms with Crippen LogP contribution in [0.4, 0.5) is 0 Å². The molecule has 1 aromatic heterocycles. The van der Waals surface area contributed by atoms with Crippen molar-refractivity contribution in [3.8, 4) is 5.75 Å². The second-order valence-electron chi connectivity index (χ2n) is 5.04. The van der Waals surface area contributed by atoms with E-state index in [2.05, 4.69) is 4.98 Å². The molecule has 1 heterocycles. The molecule has 0 amide bonds. The third kappa shape index (κ3) is 2.76. The maximum Gasteiger partial charge on any atom is 0.198 e. The molecule has 1 unspecified atom stereocenters. The zero-order valence-electron chi connectivity index (χ0n) is 12.0. The van der Waals surface area contributed by atoms with Crippen LogP contribution in [0, 0.1) is 6.92 Å². The highest BCUT2D eigenvalue weighted by atomic mass is 16.5. The van der Waals surface area contributed by atoms with Crippen molar-refractivity contribution in [3.63, 3.8) is 0 Å². The number of aromatic nitrogens is 1. The summed E-state index contributed by atoms with van der Waals surface area (Å²) in [6, 6.07) is 13.3. The topological polar surface area (TPSA) is 55.5 Å². The van der Waals surface area contributed by atoms with Crippen molar-refractivity contribution < 1.29 is 14.3 Å². The predicted octanol–water partition coefficient (Wildman–Crippen LogP) is 3.42. The Balaban J connectivity index is 1.88. The van der Waals surface area contributed by atoms with Gasteiger partial charge in [-0.15, -0.1) is 0 Å². The molecule has 1 atom stereocenters. The lowest BCUT2D eigenvalue weighted by molar-refractivity contribution is 0.165. The number of oxazole rings is 1. The lowest BCUT2D eigenvalue weighted by Gasteiger charge is -2.14. The van der Waals surface area contributed by atoms with Crippen molar-refractivity contribution >= 4 is 11.1 Å². The Morgan fingerprint density at radius 2 is 2.05 bits per heavy atom. The van der Waals surface area contributed by atoms with E-state index in [1.807, 2.05) is 49.4 Å². The molecule has 0 radical (unpaired) electrons. The SMILES string of the molecule is COc1ccc(C)cc1C(O)Cc1nc2ccccc2o1. The fraction of sp³-hybridized carbons (Fsp3) is 0.235. The number of hydrogen-bond acceptors (Lipinski definition) is 4. The molecule has 0 saturated carbocycles. The molecule has 21 heavy (non-hydrogen) atoms. The number of fused-ring (bicyclic) bond motifs is 1. The fourth-order valence-corrected chi connectivity index (χ4v) is 2.40. The van der Waals surface area contributed by atoms with Crippen LogP contribution in [0.15, 0.2) is 46.9 Å². The molecule has 4 nitrogen and oxygen atoms in total. The number of methoxy groups -OCH3 is 1. The molecule has 0 aliphatic rings. The molecule has 3 aromatic rings. The van der Waals surface area contributed by atoms with Crippen LogP contribution in [0.3, 0.4) is 0 Å². The quantitative estimate of drug-likeness (QED) is 0.797. The average molecular weight is 283 g/mol. The molecule has 0 aliphatic carbocycles. The highest BCUT2D eigenvalue weighted by molar-refractivity contribution is 5.72. The minimum Gasteiger partial charge on any atom is -0.496 e. The van der Waals surface area contributed by atoms with Gasteiger partial charge in [0.2, 0.25) is 0 Å². The molecule has 0 spiro atoms. The van der Waals surface area contributed by atoms with E-state index in [0.717, 1.165) is 22.2 Å². The Morgan fingerprint density at radius 1 is 1.24 bits per heavy atom. The number of aryl methyl sites for hydroxylation is 1. The number of ether oxygens (including phenoxy) is 1. The zero-order chi connectivity index (χ0) is 14.8. The molecular weight excluding hydrogens is 266 g/mol. The van der Waals surface area contributed by atoms with Gasteiger partial charge in [-0.05, 0) is 31.2 Å². The number of para-hydroxylation sites is 2. The third-order valence-corrected chi connectivity index (χ3v) is 3.45. The van der Waals surface area contributed by atoms with Crippen LogP contribution in [0.25, 0.3) is 11.1 Å². The van der Waals surface area contributed by atoms with Crippen LogP contribution >= 0.6 is 0 Å². The monoisotopic (exact) mass is 283 g/mol. The Labute approximate surface area is 123 Å². The number of hydrogen-bond donors (Lipinski definition) is 1. The summed E-state index contributed by atoms with van der Waals surface area (Å²) < 4.78 is 11.0. The molecule has 0 aliphatic heterocycles. The minimum absolute atomic E-state index is 0.314. The summed E-state index contributed by atoms with van der Waals surface area (Å²) >= 11 is 0. The molecule has 4 heteroatoms. The van der Waals surface area contributed by atoms with Gasteiger partial charge in [-0.2, -0.15) is 0 Å². The van der Waals surface area contributed by atoms with Crippen molar-refractivity contribution in [2.45, 2.75) is 19.4 Å². The Kier molecular flexibility index (Phi) is 3.62. The van der Waals surface area contributed by atoms with Gasteiger partial charge in [0, 0.05) is 5.56 Å². The van der Waals surface area contributed by atoms with Crippen molar-refractivity contribution in [1.29, 1.82) is 0 Å². The standard InChI is InChI=1S/C17H17NO3/c1-11-7-8-15(20-2)12(9-11)14(19)10-17-18-13-5-3-4-6-16(13)21-17/h3-9,14,19H,10H2,1-2H3. The van der Waals surface area contributed by atoms with Gasteiger partial charge >= 0.3 is 0 Å². The van der Waals surface area contributed by atoms with E-state index in [4.69, 9.17) is 9.15 Å². The van der Waals surface area contributed by atoms with Gasteiger partial charge in [0.1, 0.15) is 11.3 Å². The van der Waals surface area contributed by atoms with Crippen LogP contribution in [-0.4, -0.2) is 17.2 Å². The van der Waals surface area contributed by atoms with E-state index in [1.165, 1.54) is 0 Å². The second-order valence-corrected chi connectivity index (χ2v) is 5.04. The summed E-state index contributed by atoms with van der Waals surface area (Å²) in [6.45, 7) is 1.98. The molecule has 0 saturated heterocycles. The van der Waals surface area contributed by atoms with Gasteiger partial charge < -0.3 is 14.3 Å². The first-order valence-corrected chi connectivity index (χ1v) is 6.84. The second kappa shape index (κ2) is 5.58. The van der Waals surface area contributed by atoms with E-state index < -0.39 is 6.10 Å². The largest absolute Gasteiger partial charge is 0.496 e. The first kappa shape index (κ1) is 13.6. The first-order valence-electron chi connectivity index (χ1n) is 6.84. The van der Waals surface area contributed by atoms with Crippen molar-refractivity contribution in [2.24, 2.45) is 0 Å². The van der Waals surface area contributed by atoms with E-state index in [1.54, 1.807) is 7.11 Å². The van der Waals surface area contributed by atoms with Crippen LogP contribution in [0.2, 0.25) is 0 Å². The highest BCUT2D eigenvalue weighted by Gasteiger charge is 2.17. The first-order chi connectivity index (χ1) is 10.2. The molecule has 1 N–H and O–H groups in total. The number of aliphatic hydroxyl groups is 1. The number of rotatable bonds is 4. The third-order valence-electron chi connectivity index (χ3n) is 3.45. The maximum absolute atomic E-state index is 10.5. The van der Waals surface area contributed by atoms with E-state index in [0.29, 0.717) is 18.1 Å². The lowest BCUT2D eigenvalue weighted by atomic mass is 10.0. The van der Waals surface area contributed by atoms with Gasteiger partial charge in [-0.1, -0.05) is 23.8 Å². The summed E-state index contributed by atoms with van der Waals surface area (Å²) in [5, 5.41) is 10.5. The minimum atomic E-state index is -0.715. The van der Waals surface area contributed by atoms with Gasteiger partial charge in [0.25, 0.3) is 0 Å². The van der Waals surface area contributed by atoms with Gasteiger partial charge in [0.15, 0.2) is 11.5 Å². The van der Waals surface area contributed by atoms with E-state index in [-0.39, 0.29) is 0 Å². The number of nitrogens with zero attached hydrogens (tertiary/aromatic N) is 1. The highest BCUT2D eigenvalue weighted by Crippen LogP contribution is 2.29. The van der Waals surface area contributed by atoms with Crippen molar-refractivity contribution in [2.75, 3.05) is 7.11 Å². The van der Waals surface area contributed by atoms with Crippen LogP contribution in [0.1, 0.15) is 23.1 Å². The fourth-order valence-electron chi connectivity index (χ4n) is 2.40. The van der Waals surface area contributed by atoms with Crippen LogP contribution in [-0.2, 0) is 6.42 Å². The average Bonchev–Trinajstić information content (AvgIpc) is 2.89. The number of benzene rings is 2. The predicted molar refractivity (Wildman–Crippen MR) is 80.4 cm³/mol. The van der Waals surface area contributed by atoms with Crippen molar-refractivity contribution in [1.82, 2.24) is 4.98 Å². The summed E-state index contributed by atoms with van der Waals surface area (Å²) in [5.41, 5.74) is 3.36. The Bertz CT molecular complexity index is 731. The lowest BCUT2D eigenvalue weighted by Crippen LogP contribution is -2.04. The summed E-state index contributed by atoms with van der Waals surface area (Å²) in [4.78, 5) is 4.39. The molecular formula is C17H17NO3. The normalized spacial score (nSPS) is 12.5. The van der Waals surface area contributed by atoms with Crippen LogP contribution < -0.4 is 4.74 Å². The molecule has 0 fully saturated rings. The zero-order valence-corrected chi connectivity index (χ0v) is 12.0. The summed E-state index contributed by atoms with van der Waals surface area (Å²) in [6.07, 6.45) is -0.401. The van der Waals surface area contributed by atoms with Gasteiger partial charge in [-0.3, -0.25) is 0 Å². The number of aliphatic hydroxyl groups excluding tert-OH is 1. The molecule has 108 valence electrons. The summed E-state index contributed by atoms with van der Waals surface area (Å²) in [7, 11) is 1.60. The Morgan fingerprint density at radius 3 is 2.81 bits per heavy atom. The summed E-state index contributed by atoms with van der Waals surface area (Å²) in [5.74, 6) is 1.19. The Hall–Kier alpha value is -2.33. The molecule has 0 bridgehead atoms. The van der Waals surface area contributed by atoms with E-state index >= 15 is 0 Å². The van der Waals surface area contributed by atoms with Crippen LogP contribution in [0.5, 0.6) is 5.75 Å². The van der Waals surface area contributed by atoms with Gasteiger partial charge in [0.05, 0.1) is 19.6 Å². The maximum atomic E-state index is 10.5. The smallest absolute Gasteiger partial charge is 0.198 e. The van der Waals surface area contributed by atoms with Crippen molar-refractivity contribution in [3.05, 3.63) is 59.5 Å². The van der Waals surface area contributed by atoms with E-state index in [9.17, 15) is 5.11 Å². The molecule has 2 aromatic carbocycles. The van der Waals surface area contributed by atoms with Gasteiger partial charge in [-0.25, -0.2) is 4.98 Å². The molecule has 3 rings (SSSR count).